The number of thioether (sulfide) groups is 1. The highest BCUT2D eigenvalue weighted by atomic mass is 32.2. The second-order valence-corrected chi connectivity index (χ2v) is 6.80. The Kier molecular flexibility index (Phi) is 5.14. The first-order valence-electron chi connectivity index (χ1n) is 7.68. The largest absolute Gasteiger partial charge is 0.326 e. The van der Waals surface area contributed by atoms with Crippen molar-refractivity contribution in [1.29, 1.82) is 0 Å². The maximum absolute atomic E-state index is 12.9. The quantitative estimate of drug-likeness (QED) is 0.881. The van der Waals surface area contributed by atoms with Gasteiger partial charge in [-0.2, -0.15) is 0 Å². The number of amidine groups is 1. The Morgan fingerprint density at radius 3 is 2.56 bits per heavy atom. The molecule has 3 rings (SSSR count). The topological polar surface area (TPSA) is 70.6 Å². The van der Waals surface area contributed by atoms with E-state index < -0.39 is 5.25 Å². The molecule has 0 aliphatic carbocycles. The zero-order valence-electron chi connectivity index (χ0n) is 13.5. The summed E-state index contributed by atoms with van der Waals surface area (Å²) in [7, 11) is 0. The first-order chi connectivity index (χ1) is 12.0. The van der Waals surface area contributed by atoms with Crippen molar-refractivity contribution >= 4 is 40.1 Å². The van der Waals surface area contributed by atoms with Crippen LogP contribution in [0.3, 0.4) is 0 Å². The van der Waals surface area contributed by atoms with E-state index in [1.807, 2.05) is 31.2 Å². The van der Waals surface area contributed by atoms with Gasteiger partial charge in [-0.1, -0.05) is 29.5 Å². The summed E-state index contributed by atoms with van der Waals surface area (Å²) in [6.07, 6.45) is 0.0147. The van der Waals surface area contributed by atoms with Crippen molar-refractivity contribution in [2.75, 3.05) is 5.32 Å². The van der Waals surface area contributed by atoms with Gasteiger partial charge < -0.3 is 10.6 Å². The van der Waals surface area contributed by atoms with Crippen molar-refractivity contribution in [3.8, 4) is 0 Å². The molecule has 5 nitrogen and oxygen atoms in total. The molecule has 1 aliphatic rings. The zero-order valence-corrected chi connectivity index (χ0v) is 14.3. The molecule has 128 valence electrons. The van der Waals surface area contributed by atoms with Crippen LogP contribution >= 0.6 is 11.8 Å². The van der Waals surface area contributed by atoms with Gasteiger partial charge in [0.15, 0.2) is 5.17 Å². The molecule has 1 atom stereocenters. The standard InChI is InChI=1S/C18H16FN3O2S/c1-11-2-6-14(7-3-11)21-18-22-17(24)15(25-18)10-16(23)20-13-8-4-12(19)5-9-13/h2-9,15H,10H2,1H3,(H,20,23)(H,21,22,24)/t15-/m1/s1. The number of carbonyl (C=O) groups is 2. The number of nitrogens with one attached hydrogen (secondary N) is 2. The number of amides is 2. The number of hydrogen-bond donors (Lipinski definition) is 2. The van der Waals surface area contributed by atoms with E-state index in [-0.39, 0.29) is 24.1 Å². The fourth-order valence-corrected chi connectivity index (χ4v) is 3.23. The number of carbonyl (C=O) groups excluding carboxylic acids is 2. The number of aliphatic imine (C=N–C) groups is 1. The minimum absolute atomic E-state index is 0.0147. The van der Waals surface area contributed by atoms with Gasteiger partial charge in [0.2, 0.25) is 11.8 Å². The second kappa shape index (κ2) is 7.48. The van der Waals surface area contributed by atoms with E-state index in [1.165, 1.54) is 36.0 Å². The lowest BCUT2D eigenvalue weighted by atomic mass is 10.2. The molecular formula is C18H16FN3O2S. The molecule has 1 saturated heterocycles. The molecule has 2 aromatic rings. The van der Waals surface area contributed by atoms with Gasteiger partial charge >= 0.3 is 0 Å². The second-order valence-electron chi connectivity index (χ2n) is 5.61. The summed E-state index contributed by atoms with van der Waals surface area (Å²) >= 11 is 1.23. The molecule has 0 unspecified atom stereocenters. The first-order valence-corrected chi connectivity index (χ1v) is 8.56. The third-order valence-corrected chi connectivity index (χ3v) is 4.62. The number of anilines is 1. The Labute approximate surface area is 148 Å². The van der Waals surface area contributed by atoms with Crippen LogP contribution in [0, 0.1) is 12.7 Å². The van der Waals surface area contributed by atoms with Crippen LogP contribution in [-0.2, 0) is 9.59 Å². The SMILES string of the molecule is Cc1ccc(N=C2NC(=O)[C@@H](CC(=O)Nc3ccc(F)cc3)S2)cc1. The summed E-state index contributed by atoms with van der Waals surface area (Å²) in [5, 5.41) is 5.28. The highest BCUT2D eigenvalue weighted by Gasteiger charge is 2.32. The molecule has 0 spiro atoms. The maximum Gasteiger partial charge on any atom is 0.240 e. The van der Waals surface area contributed by atoms with Crippen LogP contribution in [0.25, 0.3) is 0 Å². The summed E-state index contributed by atoms with van der Waals surface area (Å²) < 4.78 is 12.9. The van der Waals surface area contributed by atoms with Gasteiger partial charge in [-0.25, -0.2) is 9.38 Å². The Hall–Kier alpha value is -2.67. The van der Waals surface area contributed by atoms with Crippen LogP contribution < -0.4 is 10.6 Å². The average molecular weight is 357 g/mol. The fourth-order valence-electron chi connectivity index (χ4n) is 2.24. The van der Waals surface area contributed by atoms with E-state index in [0.717, 1.165) is 11.3 Å². The average Bonchev–Trinajstić information content (AvgIpc) is 2.91. The first kappa shape index (κ1) is 17.2. The molecule has 0 radical (unpaired) electrons. The zero-order chi connectivity index (χ0) is 17.8. The summed E-state index contributed by atoms with van der Waals surface area (Å²) in [5.41, 5.74) is 2.36. The smallest absolute Gasteiger partial charge is 0.240 e. The number of nitrogens with zero attached hydrogens (tertiary/aromatic N) is 1. The molecule has 25 heavy (non-hydrogen) atoms. The molecule has 2 amide bonds. The van der Waals surface area contributed by atoms with Crippen LogP contribution in [0.2, 0.25) is 0 Å². The minimum Gasteiger partial charge on any atom is -0.326 e. The van der Waals surface area contributed by atoms with Gasteiger partial charge in [0, 0.05) is 12.1 Å². The molecule has 0 aromatic heterocycles. The summed E-state index contributed by atoms with van der Waals surface area (Å²) in [4.78, 5) is 28.5. The van der Waals surface area contributed by atoms with Gasteiger partial charge in [0.25, 0.3) is 0 Å². The van der Waals surface area contributed by atoms with E-state index in [2.05, 4.69) is 15.6 Å². The molecule has 1 aliphatic heterocycles. The van der Waals surface area contributed by atoms with Crippen molar-refractivity contribution in [2.45, 2.75) is 18.6 Å². The number of aryl methyl sites for hydroxylation is 1. The summed E-state index contributed by atoms with van der Waals surface area (Å²) in [6.45, 7) is 1.98. The van der Waals surface area contributed by atoms with E-state index in [1.54, 1.807) is 0 Å². The van der Waals surface area contributed by atoms with Gasteiger partial charge in [0.1, 0.15) is 11.1 Å². The minimum atomic E-state index is -0.537. The number of hydrogen-bond acceptors (Lipinski definition) is 4. The third kappa shape index (κ3) is 4.67. The maximum atomic E-state index is 12.9. The Morgan fingerprint density at radius 1 is 1.20 bits per heavy atom. The Morgan fingerprint density at radius 2 is 1.88 bits per heavy atom. The Bertz CT molecular complexity index is 819. The number of halogens is 1. The Balaban J connectivity index is 1.59. The normalized spacial score (nSPS) is 18.2. The predicted octanol–water partition coefficient (Wildman–Crippen LogP) is 3.38. The number of rotatable bonds is 4. The third-order valence-electron chi connectivity index (χ3n) is 3.54. The lowest BCUT2D eigenvalue weighted by Crippen LogP contribution is -2.28. The molecular weight excluding hydrogens is 341 g/mol. The van der Waals surface area contributed by atoms with E-state index >= 15 is 0 Å². The van der Waals surface area contributed by atoms with Crippen LogP contribution in [0.5, 0.6) is 0 Å². The van der Waals surface area contributed by atoms with Crippen molar-refractivity contribution in [3.05, 3.63) is 59.9 Å². The van der Waals surface area contributed by atoms with Crippen molar-refractivity contribution in [3.63, 3.8) is 0 Å². The fraction of sp³-hybridized carbons (Fsp3) is 0.167. The molecule has 2 N–H and O–H groups in total. The molecule has 0 bridgehead atoms. The van der Waals surface area contributed by atoms with Gasteiger partial charge in [0.05, 0.1) is 5.69 Å². The number of benzene rings is 2. The van der Waals surface area contributed by atoms with Gasteiger partial charge in [-0.15, -0.1) is 0 Å². The molecule has 0 saturated carbocycles. The molecule has 1 fully saturated rings. The summed E-state index contributed by atoms with van der Waals surface area (Å²) in [6, 6.07) is 13.1. The van der Waals surface area contributed by atoms with Crippen molar-refractivity contribution in [1.82, 2.24) is 5.32 Å². The lowest BCUT2D eigenvalue weighted by molar-refractivity contribution is -0.122. The highest BCUT2D eigenvalue weighted by molar-refractivity contribution is 8.15. The summed E-state index contributed by atoms with van der Waals surface area (Å²) in [5.74, 6) is -0.929. The van der Waals surface area contributed by atoms with Crippen molar-refractivity contribution in [2.24, 2.45) is 4.99 Å². The van der Waals surface area contributed by atoms with Crippen LogP contribution in [-0.4, -0.2) is 22.2 Å². The van der Waals surface area contributed by atoms with Crippen LogP contribution in [0.4, 0.5) is 15.8 Å². The van der Waals surface area contributed by atoms with Crippen molar-refractivity contribution < 1.29 is 14.0 Å². The van der Waals surface area contributed by atoms with E-state index in [9.17, 15) is 14.0 Å². The van der Waals surface area contributed by atoms with Gasteiger partial charge in [-0.05, 0) is 43.3 Å². The molecule has 1 heterocycles. The van der Waals surface area contributed by atoms with Gasteiger partial charge in [-0.3, -0.25) is 9.59 Å². The van der Waals surface area contributed by atoms with Crippen LogP contribution in [0.1, 0.15) is 12.0 Å². The molecule has 2 aromatic carbocycles. The molecule has 7 heteroatoms. The highest BCUT2D eigenvalue weighted by Crippen LogP contribution is 2.25. The van der Waals surface area contributed by atoms with E-state index in [4.69, 9.17) is 0 Å². The monoisotopic (exact) mass is 357 g/mol. The van der Waals surface area contributed by atoms with E-state index in [0.29, 0.717) is 10.9 Å². The predicted molar refractivity (Wildman–Crippen MR) is 97.4 cm³/mol. The lowest BCUT2D eigenvalue weighted by Gasteiger charge is -2.07. The van der Waals surface area contributed by atoms with Crippen LogP contribution in [0.15, 0.2) is 53.5 Å².